The summed E-state index contributed by atoms with van der Waals surface area (Å²) in [7, 11) is 0. The first-order chi connectivity index (χ1) is 15.8. The van der Waals surface area contributed by atoms with Crippen LogP contribution in [0.2, 0.25) is 5.15 Å². The molecule has 32 heavy (non-hydrogen) atoms. The Hall–Kier alpha value is -3.69. The van der Waals surface area contributed by atoms with E-state index in [9.17, 15) is 0 Å². The third kappa shape index (κ3) is 3.22. The van der Waals surface area contributed by atoms with E-state index < -0.39 is 0 Å². The third-order valence-electron chi connectivity index (χ3n) is 6.05. The van der Waals surface area contributed by atoms with E-state index in [-0.39, 0.29) is 5.92 Å². The second kappa shape index (κ2) is 7.77. The zero-order chi connectivity index (χ0) is 21.5. The van der Waals surface area contributed by atoms with E-state index in [1.54, 1.807) is 0 Å². The molecule has 3 nitrogen and oxygen atoms in total. The maximum atomic E-state index is 6.36. The van der Waals surface area contributed by atoms with Crippen molar-refractivity contribution < 1.29 is 0 Å². The molecule has 0 amide bonds. The monoisotopic (exact) mass is 433 g/mol. The van der Waals surface area contributed by atoms with Gasteiger partial charge in [0.05, 0.1) is 16.7 Å². The van der Waals surface area contributed by atoms with Gasteiger partial charge in [-0.05, 0) is 30.7 Å². The highest BCUT2D eigenvalue weighted by atomic mass is 35.5. The van der Waals surface area contributed by atoms with Crippen LogP contribution in [0, 0.1) is 0 Å². The fourth-order valence-corrected chi connectivity index (χ4v) is 4.73. The van der Waals surface area contributed by atoms with Crippen LogP contribution in [0.1, 0.15) is 18.0 Å². The Kier molecular flexibility index (Phi) is 4.62. The summed E-state index contributed by atoms with van der Waals surface area (Å²) < 4.78 is 2.35. The number of benzene rings is 3. The second-order valence-corrected chi connectivity index (χ2v) is 8.39. The molecule has 1 unspecified atom stereocenters. The number of para-hydroxylation sites is 2. The summed E-state index contributed by atoms with van der Waals surface area (Å²) in [5.41, 5.74) is 5.54. The summed E-state index contributed by atoms with van der Waals surface area (Å²) >= 11 is 6.36. The molecule has 0 saturated carbocycles. The first-order valence-electron chi connectivity index (χ1n) is 10.7. The van der Waals surface area contributed by atoms with Crippen molar-refractivity contribution in [2.45, 2.75) is 12.3 Å². The van der Waals surface area contributed by atoms with Crippen LogP contribution in [0.4, 0.5) is 0 Å². The van der Waals surface area contributed by atoms with Crippen LogP contribution in [0.5, 0.6) is 0 Å². The van der Waals surface area contributed by atoms with Gasteiger partial charge in [-0.1, -0.05) is 90.5 Å². The number of nitrogens with zero attached hydrogens (tertiary/aromatic N) is 3. The first-order valence-corrected chi connectivity index (χ1v) is 11.1. The van der Waals surface area contributed by atoms with Gasteiger partial charge in [-0.15, -0.1) is 0 Å². The Balaban J connectivity index is 1.38. The van der Waals surface area contributed by atoms with E-state index >= 15 is 0 Å². The molecule has 4 heteroatoms. The maximum Gasteiger partial charge on any atom is 0.161 e. The van der Waals surface area contributed by atoms with Crippen LogP contribution in [0.15, 0.2) is 103 Å². The third-order valence-corrected chi connectivity index (χ3v) is 6.24. The van der Waals surface area contributed by atoms with E-state index in [1.165, 1.54) is 27.5 Å². The lowest BCUT2D eigenvalue weighted by molar-refractivity contribution is 0.808. The molecule has 3 aromatic carbocycles. The SMILES string of the molecule is Clc1cc(C2C=CC(n3c4ccccc4c4ccccc43)=CC2)nc(-c2ccccc2)n1. The van der Waals surface area contributed by atoms with Gasteiger partial charge in [0.15, 0.2) is 5.82 Å². The van der Waals surface area contributed by atoms with Crippen LogP contribution in [0.25, 0.3) is 38.9 Å². The van der Waals surface area contributed by atoms with Crippen molar-refractivity contribution in [1.82, 2.24) is 14.5 Å². The molecule has 2 aromatic heterocycles. The summed E-state index contributed by atoms with van der Waals surface area (Å²) in [6.45, 7) is 0. The van der Waals surface area contributed by atoms with Crippen molar-refractivity contribution in [3.8, 4) is 11.4 Å². The zero-order valence-electron chi connectivity index (χ0n) is 17.3. The van der Waals surface area contributed by atoms with E-state index in [2.05, 4.69) is 76.3 Å². The summed E-state index contributed by atoms with van der Waals surface area (Å²) in [5, 5.41) is 3.02. The second-order valence-electron chi connectivity index (χ2n) is 8.01. The molecule has 1 aliphatic carbocycles. The van der Waals surface area contributed by atoms with E-state index in [1.807, 2.05) is 36.4 Å². The predicted octanol–water partition coefficient (Wildman–Crippen LogP) is 7.49. The summed E-state index contributed by atoms with van der Waals surface area (Å²) in [6, 6.07) is 29.0. The number of halogens is 1. The topological polar surface area (TPSA) is 30.7 Å². The number of allylic oxidation sites excluding steroid dienone is 4. The van der Waals surface area contributed by atoms with Crippen molar-refractivity contribution in [1.29, 1.82) is 0 Å². The van der Waals surface area contributed by atoms with Gasteiger partial charge in [0.1, 0.15) is 5.15 Å². The number of rotatable bonds is 3. The molecule has 0 radical (unpaired) electrons. The van der Waals surface area contributed by atoms with E-state index in [0.717, 1.165) is 17.7 Å². The standard InChI is InChI=1S/C28H20ClN3/c29-27-18-24(30-28(31-27)20-8-2-1-3-9-20)19-14-16-21(17-15-19)32-25-12-6-4-10-22(25)23-11-5-7-13-26(23)32/h1-14,16-19H,15H2. The van der Waals surface area contributed by atoms with Gasteiger partial charge in [-0.3, -0.25) is 0 Å². The summed E-state index contributed by atoms with van der Waals surface area (Å²) in [4.78, 5) is 9.27. The Morgan fingerprint density at radius 3 is 2.09 bits per heavy atom. The summed E-state index contributed by atoms with van der Waals surface area (Å²) in [5.74, 6) is 0.827. The quantitative estimate of drug-likeness (QED) is 0.276. The van der Waals surface area contributed by atoms with Gasteiger partial charge in [0.2, 0.25) is 0 Å². The van der Waals surface area contributed by atoms with Gasteiger partial charge in [-0.25, -0.2) is 9.97 Å². The highest BCUT2D eigenvalue weighted by Crippen LogP contribution is 2.35. The Morgan fingerprint density at radius 1 is 0.781 bits per heavy atom. The van der Waals surface area contributed by atoms with Crippen LogP contribution < -0.4 is 0 Å². The van der Waals surface area contributed by atoms with Crippen LogP contribution in [0.3, 0.4) is 0 Å². The predicted molar refractivity (Wildman–Crippen MR) is 133 cm³/mol. The largest absolute Gasteiger partial charge is 0.310 e. The Morgan fingerprint density at radius 2 is 1.44 bits per heavy atom. The molecule has 0 bridgehead atoms. The van der Waals surface area contributed by atoms with Crippen molar-refractivity contribution in [2.24, 2.45) is 0 Å². The van der Waals surface area contributed by atoms with Crippen LogP contribution in [-0.2, 0) is 0 Å². The fraction of sp³-hybridized carbons (Fsp3) is 0.0714. The van der Waals surface area contributed by atoms with Gasteiger partial charge in [-0.2, -0.15) is 0 Å². The van der Waals surface area contributed by atoms with Crippen LogP contribution in [-0.4, -0.2) is 14.5 Å². The lowest BCUT2D eigenvalue weighted by Gasteiger charge is -2.18. The lowest BCUT2D eigenvalue weighted by Crippen LogP contribution is -2.06. The van der Waals surface area contributed by atoms with Crippen molar-refractivity contribution in [2.75, 3.05) is 0 Å². The normalized spacial score (nSPS) is 15.9. The molecular formula is C28H20ClN3. The van der Waals surface area contributed by atoms with Gasteiger partial charge < -0.3 is 4.57 Å². The molecule has 2 heterocycles. The molecule has 1 atom stereocenters. The minimum atomic E-state index is 0.162. The van der Waals surface area contributed by atoms with Gasteiger partial charge >= 0.3 is 0 Å². The fourth-order valence-electron chi connectivity index (χ4n) is 4.54. The van der Waals surface area contributed by atoms with Crippen LogP contribution >= 0.6 is 11.6 Å². The maximum absolute atomic E-state index is 6.36. The number of hydrogen-bond acceptors (Lipinski definition) is 2. The van der Waals surface area contributed by atoms with Gasteiger partial charge in [0, 0.05) is 28.0 Å². The molecule has 0 spiro atoms. The highest BCUT2D eigenvalue weighted by molar-refractivity contribution is 6.29. The number of aromatic nitrogens is 3. The van der Waals surface area contributed by atoms with Crippen molar-refractivity contribution in [3.05, 3.63) is 114 Å². The smallest absolute Gasteiger partial charge is 0.161 e. The first kappa shape index (κ1) is 19.0. The molecule has 5 aromatic rings. The Labute approximate surface area is 191 Å². The minimum Gasteiger partial charge on any atom is -0.310 e. The highest BCUT2D eigenvalue weighted by Gasteiger charge is 2.18. The van der Waals surface area contributed by atoms with Gasteiger partial charge in [0.25, 0.3) is 0 Å². The molecule has 0 N–H and O–H groups in total. The Bertz CT molecular complexity index is 1460. The molecule has 154 valence electrons. The lowest BCUT2D eigenvalue weighted by atomic mass is 9.95. The van der Waals surface area contributed by atoms with Crippen molar-refractivity contribution in [3.63, 3.8) is 0 Å². The zero-order valence-corrected chi connectivity index (χ0v) is 18.1. The molecule has 0 aliphatic heterocycles. The summed E-state index contributed by atoms with van der Waals surface area (Å²) in [6.07, 6.45) is 7.58. The number of hydrogen-bond donors (Lipinski definition) is 0. The molecular weight excluding hydrogens is 414 g/mol. The number of fused-ring (bicyclic) bond motifs is 3. The molecule has 1 aliphatic rings. The average Bonchev–Trinajstić information content (AvgIpc) is 3.19. The van der Waals surface area contributed by atoms with Crippen molar-refractivity contribution >= 4 is 39.1 Å². The molecule has 6 rings (SSSR count). The minimum absolute atomic E-state index is 0.162. The van der Waals surface area contributed by atoms with E-state index in [4.69, 9.17) is 16.6 Å². The molecule has 0 fully saturated rings. The van der Waals surface area contributed by atoms with E-state index in [0.29, 0.717) is 11.0 Å². The molecule has 0 saturated heterocycles. The average molecular weight is 434 g/mol.